The van der Waals surface area contributed by atoms with Crippen LogP contribution in [0.2, 0.25) is 0 Å². The molecule has 4 rings (SSSR count). The molecule has 1 aliphatic rings. The second kappa shape index (κ2) is 5.53. The van der Waals surface area contributed by atoms with Crippen molar-refractivity contribution in [2.24, 2.45) is 5.73 Å². The van der Waals surface area contributed by atoms with Gasteiger partial charge >= 0.3 is 0 Å². The van der Waals surface area contributed by atoms with Crippen LogP contribution in [0.15, 0.2) is 48.5 Å². The van der Waals surface area contributed by atoms with Crippen LogP contribution < -0.4 is 5.73 Å². The van der Waals surface area contributed by atoms with Gasteiger partial charge in [0.2, 0.25) is 5.91 Å². The predicted octanol–water partition coefficient (Wildman–Crippen LogP) is 2.47. The van der Waals surface area contributed by atoms with Crippen molar-refractivity contribution in [3.63, 3.8) is 0 Å². The highest BCUT2D eigenvalue weighted by molar-refractivity contribution is 5.98. The number of nitrogens with zero attached hydrogens (tertiary/aromatic N) is 1. The molecule has 3 N–H and O–H groups in total. The maximum Gasteiger partial charge on any atom is 0.270 e. The molecule has 1 aliphatic heterocycles. The Morgan fingerprint density at radius 2 is 1.88 bits per heavy atom. The average Bonchev–Trinajstić information content (AvgIpc) is 3.04. The van der Waals surface area contributed by atoms with E-state index >= 15 is 0 Å². The first kappa shape index (κ1) is 14.5. The Morgan fingerprint density at radius 1 is 1.04 bits per heavy atom. The lowest BCUT2D eigenvalue weighted by molar-refractivity contribution is 0.0729. The fourth-order valence-electron chi connectivity index (χ4n) is 3.24. The molecule has 0 radical (unpaired) electrons. The Bertz CT molecular complexity index is 925. The maximum atomic E-state index is 12.8. The largest absolute Gasteiger partial charge is 0.366 e. The SMILES string of the molecule is NC(=O)c1ccc2c(c1)CCN(C(=O)c1cc3ccccc3[nH]1)C2. The van der Waals surface area contributed by atoms with E-state index in [1.165, 1.54) is 0 Å². The standard InChI is InChI=1S/C19H17N3O2/c20-18(23)14-5-6-15-11-22(8-7-12(15)9-14)19(24)17-10-13-3-1-2-4-16(13)21-17/h1-6,9-10,21H,7-8,11H2,(H2,20,23). The van der Waals surface area contributed by atoms with Gasteiger partial charge in [-0.2, -0.15) is 0 Å². The fraction of sp³-hybridized carbons (Fsp3) is 0.158. The number of carbonyl (C=O) groups excluding carboxylic acids is 2. The van der Waals surface area contributed by atoms with Gasteiger partial charge in [0.1, 0.15) is 5.69 Å². The summed E-state index contributed by atoms with van der Waals surface area (Å²) in [7, 11) is 0. The van der Waals surface area contributed by atoms with Crippen LogP contribution >= 0.6 is 0 Å². The number of benzene rings is 2. The highest BCUT2D eigenvalue weighted by atomic mass is 16.2. The van der Waals surface area contributed by atoms with Crippen molar-refractivity contribution in [2.45, 2.75) is 13.0 Å². The van der Waals surface area contributed by atoms with E-state index in [2.05, 4.69) is 4.98 Å². The number of aromatic nitrogens is 1. The van der Waals surface area contributed by atoms with E-state index in [0.717, 1.165) is 28.5 Å². The minimum Gasteiger partial charge on any atom is -0.366 e. The molecular formula is C19H17N3O2. The Morgan fingerprint density at radius 3 is 2.67 bits per heavy atom. The first-order chi connectivity index (χ1) is 11.6. The van der Waals surface area contributed by atoms with Gasteiger partial charge in [0.25, 0.3) is 5.91 Å². The number of nitrogens with two attached hydrogens (primary N) is 1. The number of aromatic amines is 1. The summed E-state index contributed by atoms with van der Waals surface area (Å²) < 4.78 is 0. The Hall–Kier alpha value is -3.08. The van der Waals surface area contributed by atoms with Gasteiger partial charge in [-0.05, 0) is 41.8 Å². The molecule has 24 heavy (non-hydrogen) atoms. The molecule has 2 aromatic carbocycles. The second-order valence-corrected chi connectivity index (χ2v) is 6.09. The lowest BCUT2D eigenvalue weighted by Crippen LogP contribution is -2.36. The van der Waals surface area contributed by atoms with E-state index in [0.29, 0.717) is 24.3 Å². The molecule has 0 bridgehead atoms. The summed E-state index contributed by atoms with van der Waals surface area (Å²) in [5.74, 6) is -0.426. The predicted molar refractivity (Wildman–Crippen MR) is 91.7 cm³/mol. The normalized spacial score (nSPS) is 13.8. The van der Waals surface area contributed by atoms with Gasteiger partial charge in [-0.3, -0.25) is 9.59 Å². The van der Waals surface area contributed by atoms with E-state index in [9.17, 15) is 9.59 Å². The van der Waals surface area contributed by atoms with Crippen molar-refractivity contribution in [1.82, 2.24) is 9.88 Å². The van der Waals surface area contributed by atoms with Crippen molar-refractivity contribution in [3.8, 4) is 0 Å². The molecule has 0 fully saturated rings. The van der Waals surface area contributed by atoms with E-state index in [-0.39, 0.29) is 5.91 Å². The molecule has 5 heteroatoms. The number of fused-ring (bicyclic) bond motifs is 2. The molecule has 0 unspecified atom stereocenters. The van der Waals surface area contributed by atoms with Crippen LogP contribution in [-0.2, 0) is 13.0 Å². The number of hydrogen-bond acceptors (Lipinski definition) is 2. The van der Waals surface area contributed by atoms with E-state index in [4.69, 9.17) is 5.73 Å². The first-order valence-corrected chi connectivity index (χ1v) is 7.90. The Kier molecular flexibility index (Phi) is 3.34. The molecule has 0 saturated heterocycles. The molecule has 120 valence electrons. The van der Waals surface area contributed by atoms with Crippen molar-refractivity contribution >= 4 is 22.7 Å². The lowest BCUT2D eigenvalue weighted by Gasteiger charge is -2.28. The second-order valence-electron chi connectivity index (χ2n) is 6.09. The van der Waals surface area contributed by atoms with Crippen molar-refractivity contribution < 1.29 is 9.59 Å². The molecule has 0 spiro atoms. The topological polar surface area (TPSA) is 79.2 Å². The summed E-state index contributed by atoms with van der Waals surface area (Å²) in [4.78, 5) is 29.1. The third-order valence-electron chi connectivity index (χ3n) is 4.55. The van der Waals surface area contributed by atoms with Crippen LogP contribution in [0.5, 0.6) is 0 Å². The molecule has 0 atom stereocenters. The summed E-state index contributed by atoms with van der Waals surface area (Å²) in [6.07, 6.45) is 0.725. The number of rotatable bonds is 2. The number of nitrogens with one attached hydrogen (secondary N) is 1. The van der Waals surface area contributed by atoms with Gasteiger partial charge in [0.15, 0.2) is 0 Å². The van der Waals surface area contributed by atoms with Crippen LogP contribution in [0, 0.1) is 0 Å². The highest BCUT2D eigenvalue weighted by Gasteiger charge is 2.23. The minimum atomic E-state index is -0.422. The fourth-order valence-corrected chi connectivity index (χ4v) is 3.24. The third kappa shape index (κ3) is 2.44. The smallest absolute Gasteiger partial charge is 0.270 e. The summed E-state index contributed by atoms with van der Waals surface area (Å²) in [6.45, 7) is 1.17. The van der Waals surface area contributed by atoms with Crippen LogP contribution in [0.4, 0.5) is 0 Å². The van der Waals surface area contributed by atoms with Crippen LogP contribution in [0.3, 0.4) is 0 Å². The van der Waals surface area contributed by atoms with Gasteiger partial charge < -0.3 is 15.6 Å². The first-order valence-electron chi connectivity index (χ1n) is 7.90. The Labute approximate surface area is 139 Å². The molecular weight excluding hydrogens is 302 g/mol. The zero-order valence-corrected chi connectivity index (χ0v) is 13.1. The van der Waals surface area contributed by atoms with Crippen LogP contribution in [-0.4, -0.2) is 28.2 Å². The van der Waals surface area contributed by atoms with Gasteiger partial charge in [0, 0.05) is 29.6 Å². The molecule has 2 heterocycles. The number of amides is 2. The van der Waals surface area contributed by atoms with Gasteiger partial charge in [-0.1, -0.05) is 24.3 Å². The molecule has 3 aromatic rings. The van der Waals surface area contributed by atoms with Gasteiger partial charge in [0.05, 0.1) is 0 Å². The molecule has 1 aromatic heterocycles. The van der Waals surface area contributed by atoms with Crippen LogP contribution in [0.1, 0.15) is 32.0 Å². The van der Waals surface area contributed by atoms with E-state index in [1.54, 1.807) is 6.07 Å². The Balaban J connectivity index is 1.59. The van der Waals surface area contributed by atoms with Gasteiger partial charge in [-0.15, -0.1) is 0 Å². The average molecular weight is 319 g/mol. The number of para-hydroxylation sites is 1. The van der Waals surface area contributed by atoms with E-state index < -0.39 is 5.91 Å². The number of hydrogen-bond donors (Lipinski definition) is 2. The van der Waals surface area contributed by atoms with Crippen LogP contribution in [0.25, 0.3) is 10.9 Å². The lowest BCUT2D eigenvalue weighted by atomic mass is 9.97. The summed E-state index contributed by atoms with van der Waals surface area (Å²) in [5.41, 5.74) is 9.57. The van der Waals surface area contributed by atoms with Crippen molar-refractivity contribution in [1.29, 1.82) is 0 Å². The van der Waals surface area contributed by atoms with Crippen molar-refractivity contribution in [3.05, 3.63) is 70.9 Å². The number of carbonyl (C=O) groups is 2. The molecule has 0 aliphatic carbocycles. The number of primary amides is 1. The third-order valence-corrected chi connectivity index (χ3v) is 4.55. The quantitative estimate of drug-likeness (QED) is 0.761. The monoisotopic (exact) mass is 319 g/mol. The minimum absolute atomic E-state index is 0.00386. The maximum absolute atomic E-state index is 12.8. The molecule has 5 nitrogen and oxygen atoms in total. The summed E-state index contributed by atoms with van der Waals surface area (Å²) in [5, 5.41) is 1.03. The van der Waals surface area contributed by atoms with Gasteiger partial charge in [-0.25, -0.2) is 0 Å². The summed E-state index contributed by atoms with van der Waals surface area (Å²) >= 11 is 0. The molecule has 0 saturated carbocycles. The summed E-state index contributed by atoms with van der Waals surface area (Å²) in [6, 6.07) is 15.2. The zero-order valence-electron chi connectivity index (χ0n) is 13.1. The van der Waals surface area contributed by atoms with Crippen molar-refractivity contribution in [2.75, 3.05) is 6.54 Å². The zero-order chi connectivity index (χ0) is 16.7. The highest BCUT2D eigenvalue weighted by Crippen LogP contribution is 2.23. The number of H-pyrrole nitrogens is 1. The molecule has 2 amide bonds. The van der Waals surface area contributed by atoms with E-state index in [1.807, 2.05) is 47.4 Å².